The molecule has 0 N–H and O–H groups in total. The smallest absolute Gasteiger partial charge is 0.416 e. The van der Waals surface area contributed by atoms with Crippen LogP contribution < -0.4 is 0 Å². The van der Waals surface area contributed by atoms with Gasteiger partial charge in [0.2, 0.25) is 0 Å². The fourth-order valence-electron chi connectivity index (χ4n) is 3.60. The molecule has 0 radical (unpaired) electrons. The predicted molar refractivity (Wildman–Crippen MR) is 108 cm³/mol. The number of halogens is 3. The zero-order valence-electron chi connectivity index (χ0n) is 17.7. The minimum absolute atomic E-state index is 0.0103. The Morgan fingerprint density at radius 3 is 2.35 bits per heavy atom. The van der Waals surface area contributed by atoms with Crippen molar-refractivity contribution in [3.05, 3.63) is 59.2 Å². The number of methoxy groups -OCH3 is 1. The minimum Gasteiger partial charge on any atom is -0.467 e. The molecule has 2 aromatic rings. The number of ether oxygens (including phenoxy) is 2. The van der Waals surface area contributed by atoms with Crippen LogP contribution in [0.5, 0.6) is 0 Å². The molecule has 0 aromatic heterocycles. The van der Waals surface area contributed by atoms with E-state index < -0.39 is 35.4 Å². The number of benzene rings is 2. The van der Waals surface area contributed by atoms with Gasteiger partial charge in [-0.3, -0.25) is 4.90 Å². The second-order valence-corrected chi connectivity index (χ2v) is 8.37. The van der Waals surface area contributed by atoms with Gasteiger partial charge in [-0.2, -0.15) is 13.2 Å². The van der Waals surface area contributed by atoms with E-state index in [2.05, 4.69) is 0 Å². The first kappa shape index (κ1) is 22.7. The number of alkyl halides is 3. The molecule has 0 spiro atoms. The zero-order chi connectivity index (χ0) is 23.0. The molecule has 1 atom stereocenters. The molecule has 2 aromatic carbocycles. The van der Waals surface area contributed by atoms with Crippen LogP contribution in [-0.4, -0.2) is 35.7 Å². The minimum atomic E-state index is -4.47. The summed E-state index contributed by atoms with van der Waals surface area (Å²) >= 11 is 0. The van der Waals surface area contributed by atoms with Crippen molar-refractivity contribution >= 4 is 12.1 Å². The molecule has 0 saturated heterocycles. The normalized spacial score (nSPS) is 16.5. The summed E-state index contributed by atoms with van der Waals surface area (Å²) in [6.45, 7) is 5.15. The SMILES string of the molecule is COC(=O)C1Cc2cccc(-c3cccc(C(F)(F)F)c3)c2CN1C(=O)OC(C)(C)C. The molecule has 8 heteroatoms. The van der Waals surface area contributed by atoms with Crippen LogP contribution in [0.25, 0.3) is 11.1 Å². The molecule has 166 valence electrons. The van der Waals surface area contributed by atoms with Crippen molar-refractivity contribution in [2.24, 2.45) is 0 Å². The Bertz CT molecular complexity index is 995. The molecule has 0 bridgehead atoms. The summed E-state index contributed by atoms with van der Waals surface area (Å²) in [4.78, 5) is 26.5. The highest BCUT2D eigenvalue weighted by atomic mass is 19.4. The van der Waals surface area contributed by atoms with Gasteiger partial charge in [0, 0.05) is 6.42 Å². The standard InChI is InChI=1S/C23H24F3NO4/c1-22(2,3)31-21(29)27-13-18-15(12-19(27)20(28)30-4)8-6-10-17(18)14-7-5-9-16(11-14)23(24,25)26/h5-11,19H,12-13H2,1-4H3. The van der Waals surface area contributed by atoms with Crippen LogP contribution >= 0.6 is 0 Å². The maximum Gasteiger partial charge on any atom is 0.416 e. The summed E-state index contributed by atoms with van der Waals surface area (Å²) in [6.07, 6.45) is -4.98. The fourth-order valence-corrected chi connectivity index (χ4v) is 3.60. The van der Waals surface area contributed by atoms with Gasteiger partial charge in [-0.25, -0.2) is 9.59 Å². The number of carbonyl (C=O) groups excluding carboxylic acids is 2. The topological polar surface area (TPSA) is 55.8 Å². The number of nitrogens with zero attached hydrogens (tertiary/aromatic N) is 1. The van der Waals surface area contributed by atoms with E-state index in [0.29, 0.717) is 16.7 Å². The van der Waals surface area contributed by atoms with Gasteiger partial charge < -0.3 is 9.47 Å². The van der Waals surface area contributed by atoms with E-state index >= 15 is 0 Å². The first-order valence-electron chi connectivity index (χ1n) is 9.76. The molecule has 1 amide bonds. The van der Waals surface area contributed by atoms with E-state index in [9.17, 15) is 22.8 Å². The summed E-state index contributed by atoms with van der Waals surface area (Å²) in [7, 11) is 1.24. The number of hydrogen-bond donors (Lipinski definition) is 0. The lowest BCUT2D eigenvalue weighted by Gasteiger charge is -2.37. The van der Waals surface area contributed by atoms with Crippen molar-refractivity contribution in [2.45, 2.75) is 51.6 Å². The number of fused-ring (bicyclic) bond motifs is 1. The second kappa shape index (κ2) is 8.24. The molecule has 1 aliphatic heterocycles. The number of rotatable bonds is 2. The average molecular weight is 435 g/mol. The highest BCUT2D eigenvalue weighted by Crippen LogP contribution is 2.36. The molecule has 0 aliphatic carbocycles. The Morgan fingerprint density at radius 1 is 1.06 bits per heavy atom. The van der Waals surface area contributed by atoms with Crippen LogP contribution in [0.3, 0.4) is 0 Å². The van der Waals surface area contributed by atoms with Crippen molar-refractivity contribution in [1.29, 1.82) is 0 Å². The molecular formula is C23H24F3NO4. The molecule has 31 heavy (non-hydrogen) atoms. The Morgan fingerprint density at radius 2 is 1.74 bits per heavy atom. The van der Waals surface area contributed by atoms with Gasteiger partial charge in [0.1, 0.15) is 11.6 Å². The Kier molecular flexibility index (Phi) is 6.02. The van der Waals surface area contributed by atoms with Crippen molar-refractivity contribution < 1.29 is 32.2 Å². The summed E-state index contributed by atoms with van der Waals surface area (Å²) in [5.74, 6) is -0.582. The summed E-state index contributed by atoms with van der Waals surface area (Å²) in [5, 5.41) is 0. The van der Waals surface area contributed by atoms with Crippen LogP contribution in [0, 0.1) is 0 Å². The Balaban J connectivity index is 2.06. The van der Waals surface area contributed by atoms with Crippen LogP contribution in [0.1, 0.15) is 37.5 Å². The maximum atomic E-state index is 13.2. The highest BCUT2D eigenvalue weighted by molar-refractivity contribution is 5.83. The molecule has 1 heterocycles. The number of hydrogen-bond acceptors (Lipinski definition) is 4. The van der Waals surface area contributed by atoms with Gasteiger partial charge in [0.15, 0.2) is 0 Å². The molecule has 5 nitrogen and oxygen atoms in total. The second-order valence-electron chi connectivity index (χ2n) is 8.37. The molecular weight excluding hydrogens is 411 g/mol. The van der Waals surface area contributed by atoms with Gasteiger partial charge in [0.25, 0.3) is 0 Å². The Hall–Kier alpha value is -3.03. The van der Waals surface area contributed by atoms with Gasteiger partial charge >= 0.3 is 18.2 Å². The Labute approximate surface area is 178 Å². The highest BCUT2D eigenvalue weighted by Gasteiger charge is 2.38. The van der Waals surface area contributed by atoms with Crippen LogP contribution in [0.15, 0.2) is 42.5 Å². The van der Waals surface area contributed by atoms with Gasteiger partial charge in [-0.05, 0) is 55.2 Å². The third kappa shape index (κ3) is 5.00. The van der Waals surface area contributed by atoms with Gasteiger partial charge in [0.05, 0.1) is 19.2 Å². The zero-order valence-corrected chi connectivity index (χ0v) is 17.7. The quantitative estimate of drug-likeness (QED) is 0.608. The number of amides is 1. The van der Waals surface area contributed by atoms with Crippen molar-refractivity contribution in [2.75, 3.05) is 7.11 Å². The van der Waals surface area contributed by atoms with E-state index in [4.69, 9.17) is 9.47 Å². The summed E-state index contributed by atoms with van der Waals surface area (Å²) in [6, 6.07) is 9.39. The molecule has 3 rings (SSSR count). The maximum absolute atomic E-state index is 13.2. The first-order valence-corrected chi connectivity index (χ1v) is 9.76. The fraction of sp³-hybridized carbons (Fsp3) is 0.391. The van der Waals surface area contributed by atoms with Crippen LogP contribution in [0.4, 0.5) is 18.0 Å². The molecule has 1 aliphatic rings. The molecule has 0 fully saturated rings. The first-order chi connectivity index (χ1) is 14.4. The van der Waals surface area contributed by atoms with Crippen molar-refractivity contribution in [1.82, 2.24) is 4.90 Å². The monoisotopic (exact) mass is 435 g/mol. The van der Waals surface area contributed by atoms with Crippen molar-refractivity contribution in [3.8, 4) is 11.1 Å². The van der Waals surface area contributed by atoms with E-state index in [0.717, 1.165) is 17.7 Å². The average Bonchev–Trinajstić information content (AvgIpc) is 2.70. The third-order valence-corrected chi connectivity index (χ3v) is 4.99. The van der Waals surface area contributed by atoms with Crippen LogP contribution in [-0.2, 0) is 33.4 Å². The largest absolute Gasteiger partial charge is 0.467 e. The molecule has 1 unspecified atom stereocenters. The lowest BCUT2D eigenvalue weighted by atomic mass is 9.88. The predicted octanol–water partition coefficient (Wildman–Crippen LogP) is 5.21. The number of esters is 1. The lowest BCUT2D eigenvalue weighted by molar-refractivity contribution is -0.147. The van der Waals surface area contributed by atoms with E-state index in [1.807, 2.05) is 0 Å². The third-order valence-electron chi connectivity index (χ3n) is 4.99. The van der Waals surface area contributed by atoms with Crippen molar-refractivity contribution in [3.63, 3.8) is 0 Å². The van der Waals surface area contributed by atoms with Crippen LogP contribution in [0.2, 0.25) is 0 Å². The molecule has 0 saturated carbocycles. The van der Waals surface area contributed by atoms with E-state index in [-0.39, 0.29) is 13.0 Å². The lowest BCUT2D eigenvalue weighted by Crippen LogP contribution is -2.50. The van der Waals surface area contributed by atoms with E-state index in [1.165, 1.54) is 18.1 Å². The summed E-state index contributed by atoms with van der Waals surface area (Å²) < 4.78 is 49.9. The summed E-state index contributed by atoms with van der Waals surface area (Å²) in [5.41, 5.74) is 0.860. The number of carbonyl (C=O) groups is 2. The van der Waals surface area contributed by atoms with Gasteiger partial charge in [-0.15, -0.1) is 0 Å². The van der Waals surface area contributed by atoms with E-state index in [1.54, 1.807) is 45.0 Å². The van der Waals surface area contributed by atoms with Gasteiger partial charge in [-0.1, -0.05) is 30.3 Å².